The molecule has 30 heavy (non-hydrogen) atoms. The van der Waals surface area contributed by atoms with Crippen molar-refractivity contribution in [2.45, 2.75) is 33.1 Å². The van der Waals surface area contributed by atoms with Crippen LogP contribution < -0.4 is 5.32 Å². The summed E-state index contributed by atoms with van der Waals surface area (Å²) >= 11 is 18.4. The van der Waals surface area contributed by atoms with Gasteiger partial charge in [-0.2, -0.15) is 9.61 Å². The summed E-state index contributed by atoms with van der Waals surface area (Å²) in [6.07, 6.45) is 0. The Kier molecular flexibility index (Phi) is 5.43. The van der Waals surface area contributed by atoms with Crippen LogP contribution in [0.2, 0.25) is 15.1 Å². The normalized spacial score (nSPS) is 11.8. The average Bonchev–Trinajstić information content (AvgIpc) is 3.01. The first-order chi connectivity index (χ1) is 14.1. The summed E-state index contributed by atoms with van der Waals surface area (Å²) in [6, 6.07) is 15.2. The molecule has 0 unspecified atom stereocenters. The van der Waals surface area contributed by atoms with Crippen LogP contribution in [0.3, 0.4) is 0 Å². The summed E-state index contributed by atoms with van der Waals surface area (Å²) in [5.41, 5.74) is 5.29. The van der Waals surface area contributed by atoms with Crippen LogP contribution in [0.25, 0.3) is 16.8 Å². The fourth-order valence-electron chi connectivity index (χ4n) is 3.27. The van der Waals surface area contributed by atoms with Crippen LogP contribution in [0.1, 0.15) is 32.2 Å². The molecule has 0 atom stereocenters. The van der Waals surface area contributed by atoms with Gasteiger partial charge in [-0.15, -0.1) is 0 Å². The molecule has 4 nitrogen and oxygen atoms in total. The molecule has 0 spiro atoms. The van der Waals surface area contributed by atoms with E-state index >= 15 is 0 Å². The van der Waals surface area contributed by atoms with Crippen molar-refractivity contribution >= 4 is 52.0 Å². The first kappa shape index (κ1) is 21.0. The lowest BCUT2D eigenvalue weighted by Crippen LogP contribution is -2.16. The molecule has 1 N–H and O–H groups in total. The van der Waals surface area contributed by atoms with E-state index in [1.807, 2.05) is 47.8 Å². The van der Waals surface area contributed by atoms with Crippen LogP contribution in [0.4, 0.5) is 11.5 Å². The Morgan fingerprint density at radius 1 is 0.900 bits per heavy atom. The molecule has 0 radical (unpaired) electrons. The third-order valence-corrected chi connectivity index (χ3v) is 5.85. The maximum absolute atomic E-state index is 6.21. The van der Waals surface area contributed by atoms with Gasteiger partial charge in [-0.25, -0.2) is 4.98 Å². The number of halogens is 3. The molecule has 0 saturated heterocycles. The number of anilines is 2. The fourth-order valence-corrected chi connectivity index (χ4v) is 3.70. The highest BCUT2D eigenvalue weighted by atomic mass is 35.5. The van der Waals surface area contributed by atoms with Crippen LogP contribution in [-0.2, 0) is 5.41 Å². The Bertz CT molecular complexity index is 1240. The molecular formula is C23H21Cl3N4. The lowest BCUT2D eigenvalue weighted by Gasteiger charge is -2.20. The molecule has 0 aliphatic rings. The van der Waals surface area contributed by atoms with Crippen molar-refractivity contribution in [2.75, 3.05) is 5.32 Å². The van der Waals surface area contributed by atoms with Crippen LogP contribution in [-0.4, -0.2) is 14.6 Å². The van der Waals surface area contributed by atoms with E-state index in [1.54, 1.807) is 12.1 Å². The number of hydrogen-bond acceptors (Lipinski definition) is 3. The summed E-state index contributed by atoms with van der Waals surface area (Å²) in [5, 5.41) is 9.89. The van der Waals surface area contributed by atoms with E-state index in [-0.39, 0.29) is 5.41 Å². The van der Waals surface area contributed by atoms with E-state index in [2.05, 4.69) is 26.1 Å². The minimum absolute atomic E-state index is 0.148. The third kappa shape index (κ3) is 4.00. The Labute approximate surface area is 190 Å². The zero-order chi connectivity index (χ0) is 21.6. The maximum Gasteiger partial charge on any atom is 0.165 e. The highest BCUT2D eigenvalue weighted by molar-refractivity contribution is 6.42. The molecular weight excluding hydrogens is 439 g/mol. The second-order valence-corrected chi connectivity index (χ2v) is 9.48. The zero-order valence-corrected chi connectivity index (χ0v) is 19.4. The Morgan fingerprint density at radius 3 is 2.23 bits per heavy atom. The number of aryl methyl sites for hydroxylation is 1. The molecule has 0 bridgehead atoms. The fraction of sp³-hybridized carbons (Fsp3) is 0.217. The number of benzene rings is 2. The largest absolute Gasteiger partial charge is 0.340 e. The van der Waals surface area contributed by atoms with Gasteiger partial charge in [0.2, 0.25) is 0 Å². The molecule has 0 amide bonds. The average molecular weight is 460 g/mol. The number of aromatic nitrogens is 3. The Hall–Kier alpha value is -2.27. The molecule has 0 saturated carbocycles. The molecule has 2 aromatic carbocycles. The number of hydrogen-bond donors (Lipinski definition) is 1. The SMILES string of the molecule is Cc1nn2c(Nc3ccc(Cl)c(Cl)c3)cc(C(C)(C)C)nc2c1-c1ccc(Cl)cc1. The highest BCUT2D eigenvalue weighted by Gasteiger charge is 2.22. The Balaban J connectivity index is 1.94. The van der Waals surface area contributed by atoms with E-state index < -0.39 is 0 Å². The van der Waals surface area contributed by atoms with Crippen LogP contribution in [0.15, 0.2) is 48.5 Å². The quantitative estimate of drug-likeness (QED) is 0.341. The standard InChI is InChI=1S/C23H21Cl3N4/c1-13-21(14-5-7-15(24)8-6-14)22-28-19(23(2,3)4)12-20(30(22)29-13)27-16-9-10-17(25)18(26)11-16/h5-12,27H,1-4H3. The summed E-state index contributed by atoms with van der Waals surface area (Å²) < 4.78 is 1.83. The number of rotatable bonds is 3. The second-order valence-electron chi connectivity index (χ2n) is 8.23. The minimum atomic E-state index is -0.148. The molecule has 0 aliphatic carbocycles. The summed E-state index contributed by atoms with van der Waals surface area (Å²) in [4.78, 5) is 4.98. The van der Waals surface area contributed by atoms with Crippen molar-refractivity contribution in [3.8, 4) is 11.1 Å². The third-order valence-electron chi connectivity index (χ3n) is 4.86. The summed E-state index contributed by atoms with van der Waals surface area (Å²) in [5.74, 6) is 0.798. The van der Waals surface area contributed by atoms with Gasteiger partial charge in [0, 0.05) is 27.8 Å². The van der Waals surface area contributed by atoms with Gasteiger partial charge in [0.25, 0.3) is 0 Å². The smallest absolute Gasteiger partial charge is 0.165 e. The van der Waals surface area contributed by atoms with Crippen molar-refractivity contribution in [2.24, 2.45) is 0 Å². The van der Waals surface area contributed by atoms with Crippen molar-refractivity contribution in [3.05, 3.63) is 75.0 Å². The molecule has 4 aromatic rings. The van der Waals surface area contributed by atoms with Crippen LogP contribution >= 0.6 is 34.8 Å². The first-order valence-electron chi connectivity index (χ1n) is 9.52. The monoisotopic (exact) mass is 458 g/mol. The second kappa shape index (κ2) is 7.77. The van der Waals surface area contributed by atoms with Crippen LogP contribution in [0.5, 0.6) is 0 Å². The van der Waals surface area contributed by atoms with E-state index in [4.69, 9.17) is 44.9 Å². The summed E-state index contributed by atoms with van der Waals surface area (Å²) in [7, 11) is 0. The van der Waals surface area contributed by atoms with Crippen LogP contribution in [0, 0.1) is 6.92 Å². The van der Waals surface area contributed by atoms with Gasteiger partial charge >= 0.3 is 0 Å². The maximum atomic E-state index is 6.21. The number of nitrogens with one attached hydrogen (secondary N) is 1. The molecule has 0 fully saturated rings. The lowest BCUT2D eigenvalue weighted by atomic mass is 9.92. The zero-order valence-electron chi connectivity index (χ0n) is 17.1. The molecule has 154 valence electrons. The first-order valence-corrected chi connectivity index (χ1v) is 10.7. The molecule has 2 heterocycles. The Morgan fingerprint density at radius 2 is 1.60 bits per heavy atom. The van der Waals surface area contributed by atoms with Crippen molar-refractivity contribution in [1.29, 1.82) is 0 Å². The van der Waals surface area contributed by atoms with E-state index in [0.29, 0.717) is 15.1 Å². The van der Waals surface area contributed by atoms with Gasteiger partial charge in [0.1, 0.15) is 5.82 Å². The molecule has 7 heteroatoms. The summed E-state index contributed by atoms with van der Waals surface area (Å²) in [6.45, 7) is 8.40. The topological polar surface area (TPSA) is 42.2 Å². The van der Waals surface area contributed by atoms with Gasteiger partial charge in [0.15, 0.2) is 5.65 Å². The highest BCUT2D eigenvalue weighted by Crippen LogP contribution is 2.34. The van der Waals surface area contributed by atoms with Crippen molar-refractivity contribution < 1.29 is 0 Å². The van der Waals surface area contributed by atoms with Gasteiger partial charge in [-0.1, -0.05) is 67.7 Å². The lowest BCUT2D eigenvalue weighted by molar-refractivity contribution is 0.569. The van der Waals surface area contributed by atoms with E-state index in [0.717, 1.165) is 39.7 Å². The predicted octanol–water partition coefficient (Wildman–Crippen LogP) is 7.71. The predicted molar refractivity (Wildman–Crippen MR) is 127 cm³/mol. The number of nitrogens with zero attached hydrogens (tertiary/aromatic N) is 3. The van der Waals surface area contributed by atoms with Gasteiger partial charge in [0.05, 0.1) is 21.4 Å². The van der Waals surface area contributed by atoms with Gasteiger partial charge < -0.3 is 5.32 Å². The molecule has 4 rings (SSSR count). The van der Waals surface area contributed by atoms with Gasteiger partial charge in [-0.05, 0) is 42.8 Å². The van der Waals surface area contributed by atoms with Gasteiger partial charge in [-0.3, -0.25) is 0 Å². The van der Waals surface area contributed by atoms with Crippen molar-refractivity contribution in [3.63, 3.8) is 0 Å². The molecule has 0 aliphatic heterocycles. The van der Waals surface area contributed by atoms with E-state index in [1.165, 1.54) is 0 Å². The molecule has 2 aromatic heterocycles. The minimum Gasteiger partial charge on any atom is -0.340 e. The number of fused-ring (bicyclic) bond motifs is 1. The van der Waals surface area contributed by atoms with Crippen molar-refractivity contribution in [1.82, 2.24) is 14.6 Å². The van der Waals surface area contributed by atoms with E-state index in [9.17, 15) is 0 Å².